The summed E-state index contributed by atoms with van der Waals surface area (Å²) >= 11 is 0. The van der Waals surface area contributed by atoms with E-state index in [0.29, 0.717) is 0 Å². The predicted octanol–water partition coefficient (Wildman–Crippen LogP) is 2.85. The largest absolute Gasteiger partial charge is 0.380 e. The summed E-state index contributed by atoms with van der Waals surface area (Å²) in [6.07, 6.45) is 6.47. The highest BCUT2D eigenvalue weighted by Gasteiger charge is 2.24. The molecule has 0 aromatic carbocycles. The molecule has 0 aromatic rings. The minimum Gasteiger partial charge on any atom is -0.380 e. The van der Waals surface area contributed by atoms with Crippen LogP contribution in [0.1, 0.15) is 47.0 Å². The van der Waals surface area contributed by atoms with Crippen LogP contribution in [0.3, 0.4) is 0 Å². The van der Waals surface area contributed by atoms with E-state index in [1.807, 2.05) is 0 Å². The highest BCUT2D eigenvalue weighted by molar-refractivity contribution is 6.41. The highest BCUT2D eigenvalue weighted by atomic mass is 28.2. The lowest BCUT2D eigenvalue weighted by Gasteiger charge is -2.30. The van der Waals surface area contributed by atoms with Crippen molar-refractivity contribution in [2.75, 3.05) is 6.61 Å². The van der Waals surface area contributed by atoms with E-state index in [0.717, 1.165) is 12.1 Å². The van der Waals surface area contributed by atoms with Gasteiger partial charge in [-0.2, -0.15) is 0 Å². The fourth-order valence-electron chi connectivity index (χ4n) is 2.35. The molecule has 0 aromatic heterocycles. The molecule has 1 aliphatic carbocycles. The minimum atomic E-state index is -0.107. The SMILES string of the molecule is CCOC(C)(C)[SiH2]C1CC=C(C)CC1. The van der Waals surface area contributed by atoms with Crippen molar-refractivity contribution in [1.82, 2.24) is 0 Å². The van der Waals surface area contributed by atoms with Gasteiger partial charge in [-0.25, -0.2) is 0 Å². The van der Waals surface area contributed by atoms with Gasteiger partial charge < -0.3 is 4.74 Å². The van der Waals surface area contributed by atoms with E-state index in [4.69, 9.17) is 4.74 Å². The number of hydrogen-bond acceptors (Lipinski definition) is 1. The van der Waals surface area contributed by atoms with Crippen LogP contribution in [0.4, 0.5) is 0 Å². The number of hydrogen-bond donors (Lipinski definition) is 0. The van der Waals surface area contributed by atoms with Gasteiger partial charge in [-0.15, -0.1) is 0 Å². The maximum atomic E-state index is 5.80. The van der Waals surface area contributed by atoms with E-state index in [9.17, 15) is 0 Å². The van der Waals surface area contributed by atoms with E-state index in [1.54, 1.807) is 5.57 Å². The maximum Gasteiger partial charge on any atom is 0.0622 e. The Kier molecular flexibility index (Phi) is 4.39. The van der Waals surface area contributed by atoms with Gasteiger partial charge in [-0.1, -0.05) is 11.6 Å². The summed E-state index contributed by atoms with van der Waals surface area (Å²) in [6, 6.07) is 0. The van der Waals surface area contributed by atoms with E-state index in [-0.39, 0.29) is 14.7 Å². The Morgan fingerprint density at radius 3 is 2.79 bits per heavy atom. The standard InChI is InChI=1S/C12H24OSi/c1-5-13-12(3,4)14-11-8-6-10(2)7-9-11/h6,11H,5,7-9,14H2,1-4H3. The number of allylic oxidation sites excluding steroid dienone is 2. The van der Waals surface area contributed by atoms with Crippen LogP contribution in [0.2, 0.25) is 5.54 Å². The van der Waals surface area contributed by atoms with Crippen LogP contribution in [0.25, 0.3) is 0 Å². The molecule has 14 heavy (non-hydrogen) atoms. The van der Waals surface area contributed by atoms with Crippen molar-refractivity contribution in [3.05, 3.63) is 11.6 Å². The second-order valence-electron chi connectivity index (χ2n) is 5.09. The second-order valence-corrected chi connectivity index (χ2v) is 8.35. The zero-order chi connectivity index (χ0) is 10.6. The molecule has 0 bridgehead atoms. The quantitative estimate of drug-likeness (QED) is 0.514. The van der Waals surface area contributed by atoms with Crippen LogP contribution in [0.5, 0.6) is 0 Å². The van der Waals surface area contributed by atoms with Crippen LogP contribution in [-0.2, 0) is 4.74 Å². The molecule has 2 heteroatoms. The molecular weight excluding hydrogens is 188 g/mol. The van der Waals surface area contributed by atoms with Crippen LogP contribution in [0.15, 0.2) is 11.6 Å². The fraction of sp³-hybridized carbons (Fsp3) is 0.833. The molecule has 0 aliphatic heterocycles. The Bertz CT molecular complexity index is 208. The zero-order valence-electron chi connectivity index (χ0n) is 10.1. The topological polar surface area (TPSA) is 9.23 Å². The van der Waals surface area contributed by atoms with Gasteiger partial charge in [-0.05, 0) is 52.5 Å². The minimum absolute atomic E-state index is 0.107. The van der Waals surface area contributed by atoms with Crippen molar-refractivity contribution >= 4 is 9.52 Å². The summed E-state index contributed by atoms with van der Waals surface area (Å²) in [5, 5.41) is 0.207. The van der Waals surface area contributed by atoms with Crippen molar-refractivity contribution in [1.29, 1.82) is 0 Å². The molecule has 1 rings (SSSR count). The fourth-order valence-corrected chi connectivity index (χ4v) is 4.80. The van der Waals surface area contributed by atoms with Crippen LogP contribution >= 0.6 is 0 Å². The van der Waals surface area contributed by atoms with Crippen molar-refractivity contribution in [2.24, 2.45) is 0 Å². The summed E-state index contributed by atoms with van der Waals surface area (Å²) in [4.78, 5) is 0. The Morgan fingerprint density at radius 1 is 1.57 bits per heavy atom. The van der Waals surface area contributed by atoms with Crippen LogP contribution < -0.4 is 0 Å². The van der Waals surface area contributed by atoms with Crippen LogP contribution in [0, 0.1) is 0 Å². The van der Waals surface area contributed by atoms with Gasteiger partial charge >= 0.3 is 0 Å². The molecule has 82 valence electrons. The first-order valence-electron chi connectivity index (χ1n) is 5.83. The van der Waals surface area contributed by atoms with Gasteiger partial charge in [0.25, 0.3) is 0 Å². The molecular formula is C12H24OSi. The molecule has 0 fully saturated rings. The molecule has 0 spiro atoms. The molecule has 0 radical (unpaired) electrons. The van der Waals surface area contributed by atoms with Crippen molar-refractivity contribution in [2.45, 2.75) is 57.7 Å². The average molecular weight is 212 g/mol. The lowest BCUT2D eigenvalue weighted by molar-refractivity contribution is 0.0513. The van der Waals surface area contributed by atoms with Crippen molar-refractivity contribution < 1.29 is 4.74 Å². The second kappa shape index (κ2) is 5.13. The van der Waals surface area contributed by atoms with E-state index < -0.39 is 0 Å². The van der Waals surface area contributed by atoms with Gasteiger partial charge in [0.15, 0.2) is 0 Å². The molecule has 0 saturated heterocycles. The van der Waals surface area contributed by atoms with E-state index >= 15 is 0 Å². The lowest BCUT2D eigenvalue weighted by Crippen LogP contribution is -2.35. The summed E-state index contributed by atoms with van der Waals surface area (Å²) in [7, 11) is -0.107. The first kappa shape index (κ1) is 12.0. The summed E-state index contributed by atoms with van der Waals surface area (Å²) in [5.41, 5.74) is 2.56. The van der Waals surface area contributed by atoms with E-state index in [2.05, 4.69) is 33.8 Å². The molecule has 1 unspecified atom stereocenters. The Hall–Kier alpha value is -0.0831. The lowest BCUT2D eigenvalue weighted by atomic mass is 10.0. The van der Waals surface area contributed by atoms with Gasteiger partial charge in [-0.3, -0.25) is 0 Å². The Balaban J connectivity index is 2.38. The molecule has 0 amide bonds. The molecule has 1 atom stereocenters. The summed E-state index contributed by atoms with van der Waals surface area (Å²) in [6.45, 7) is 9.76. The van der Waals surface area contributed by atoms with Gasteiger partial charge in [0.2, 0.25) is 0 Å². The monoisotopic (exact) mass is 212 g/mol. The predicted molar refractivity (Wildman–Crippen MR) is 65.6 cm³/mol. The van der Waals surface area contributed by atoms with Crippen molar-refractivity contribution in [3.8, 4) is 0 Å². The van der Waals surface area contributed by atoms with Crippen molar-refractivity contribution in [3.63, 3.8) is 0 Å². The molecule has 1 aliphatic rings. The van der Waals surface area contributed by atoms with Gasteiger partial charge in [0, 0.05) is 11.8 Å². The molecule has 0 N–H and O–H groups in total. The molecule has 1 nitrogen and oxygen atoms in total. The van der Waals surface area contributed by atoms with Gasteiger partial charge in [0.1, 0.15) is 0 Å². The van der Waals surface area contributed by atoms with E-state index in [1.165, 1.54) is 19.3 Å². The maximum absolute atomic E-state index is 5.80. The Labute approximate surface area is 90.7 Å². The summed E-state index contributed by atoms with van der Waals surface area (Å²) < 4.78 is 5.80. The third-order valence-corrected chi connectivity index (χ3v) is 5.57. The Morgan fingerprint density at radius 2 is 2.29 bits per heavy atom. The number of ether oxygens (including phenoxy) is 1. The van der Waals surface area contributed by atoms with Crippen LogP contribution in [-0.4, -0.2) is 21.4 Å². The first-order valence-corrected chi connectivity index (χ1v) is 7.35. The average Bonchev–Trinajstić information content (AvgIpc) is 2.08. The number of rotatable bonds is 4. The normalized spacial score (nSPS) is 24.3. The zero-order valence-corrected chi connectivity index (χ0v) is 11.5. The molecule has 0 heterocycles. The summed E-state index contributed by atoms with van der Waals surface area (Å²) in [5.74, 6) is 0. The molecule has 0 saturated carbocycles. The first-order chi connectivity index (χ1) is 6.53. The third kappa shape index (κ3) is 3.97. The third-order valence-electron chi connectivity index (χ3n) is 3.06. The highest BCUT2D eigenvalue weighted by Crippen LogP contribution is 2.30. The smallest absolute Gasteiger partial charge is 0.0622 e. The van der Waals surface area contributed by atoms with Gasteiger partial charge in [0.05, 0.1) is 9.52 Å².